The van der Waals surface area contributed by atoms with Crippen molar-refractivity contribution in [1.29, 1.82) is 0 Å². The molecular weight excluding hydrogens is 416 g/mol. The zero-order valence-electron chi connectivity index (χ0n) is 15.0. The summed E-state index contributed by atoms with van der Waals surface area (Å²) in [4.78, 5) is 29.1. The highest BCUT2D eigenvalue weighted by molar-refractivity contribution is 7.16. The SMILES string of the molecule is Cc1ccc(-c2csc(CC(=O)c3ccc4scnc4c3)c2C(=O)O)c(F)c1F. The van der Waals surface area contributed by atoms with Crippen molar-refractivity contribution < 1.29 is 23.5 Å². The van der Waals surface area contributed by atoms with Gasteiger partial charge in [0.2, 0.25) is 0 Å². The molecule has 0 unspecified atom stereocenters. The minimum absolute atomic E-state index is 0.0663. The summed E-state index contributed by atoms with van der Waals surface area (Å²) in [6, 6.07) is 7.88. The molecule has 0 radical (unpaired) electrons. The number of halogens is 2. The molecule has 2 heterocycles. The first kappa shape index (κ1) is 19.4. The number of Topliss-reactive ketones (excluding diaryl/α,β-unsaturated/α-hetero) is 1. The second-order valence-corrected chi connectivity index (χ2v) is 8.30. The van der Waals surface area contributed by atoms with Gasteiger partial charge in [0.15, 0.2) is 17.4 Å². The zero-order chi connectivity index (χ0) is 20.7. The molecule has 29 heavy (non-hydrogen) atoms. The van der Waals surface area contributed by atoms with Gasteiger partial charge >= 0.3 is 5.97 Å². The third-order valence-corrected chi connectivity index (χ3v) is 6.42. The average Bonchev–Trinajstić information content (AvgIpc) is 3.32. The molecule has 4 aromatic rings. The maximum Gasteiger partial charge on any atom is 0.337 e. The van der Waals surface area contributed by atoms with Crippen LogP contribution in [0.15, 0.2) is 41.2 Å². The number of thiazole rings is 1. The number of carboxylic acid groups (broad SMARTS) is 1. The van der Waals surface area contributed by atoms with Gasteiger partial charge in [-0.05, 0) is 36.1 Å². The van der Waals surface area contributed by atoms with Gasteiger partial charge in [0.1, 0.15) is 0 Å². The Kier molecular flexibility index (Phi) is 4.97. The fourth-order valence-corrected chi connectivity index (χ4v) is 4.79. The highest BCUT2D eigenvalue weighted by Crippen LogP contribution is 2.35. The minimum atomic E-state index is -1.29. The molecule has 1 N–H and O–H groups in total. The van der Waals surface area contributed by atoms with E-state index in [1.54, 1.807) is 23.7 Å². The number of aromatic nitrogens is 1. The lowest BCUT2D eigenvalue weighted by Crippen LogP contribution is -2.08. The Bertz CT molecular complexity index is 1280. The summed E-state index contributed by atoms with van der Waals surface area (Å²) in [5, 5.41) is 11.1. The molecule has 0 saturated heterocycles. The monoisotopic (exact) mass is 429 g/mol. The Hall–Kier alpha value is -2.97. The number of fused-ring (bicyclic) bond motifs is 1. The van der Waals surface area contributed by atoms with Gasteiger partial charge in [0.05, 0.1) is 21.3 Å². The van der Waals surface area contributed by atoms with Crippen LogP contribution < -0.4 is 0 Å². The van der Waals surface area contributed by atoms with Gasteiger partial charge in [-0.3, -0.25) is 4.79 Å². The maximum absolute atomic E-state index is 14.4. The molecule has 146 valence electrons. The second kappa shape index (κ2) is 7.46. The van der Waals surface area contributed by atoms with E-state index in [1.165, 1.54) is 35.8 Å². The minimum Gasteiger partial charge on any atom is -0.478 e. The molecule has 0 fully saturated rings. The lowest BCUT2D eigenvalue weighted by Gasteiger charge is -2.07. The van der Waals surface area contributed by atoms with E-state index in [4.69, 9.17) is 0 Å². The quantitative estimate of drug-likeness (QED) is 0.411. The van der Waals surface area contributed by atoms with Crippen LogP contribution in [0.3, 0.4) is 0 Å². The van der Waals surface area contributed by atoms with E-state index < -0.39 is 17.6 Å². The van der Waals surface area contributed by atoms with E-state index in [0.29, 0.717) is 11.1 Å². The van der Waals surface area contributed by atoms with E-state index in [1.807, 2.05) is 0 Å². The molecule has 0 aliphatic heterocycles. The number of aromatic carboxylic acids is 1. The first-order valence-corrected chi connectivity index (χ1v) is 10.3. The Labute approximate surface area is 172 Å². The van der Waals surface area contributed by atoms with Crippen LogP contribution >= 0.6 is 22.7 Å². The molecule has 8 heteroatoms. The fourth-order valence-electron chi connectivity index (χ4n) is 3.09. The topological polar surface area (TPSA) is 67.3 Å². The van der Waals surface area contributed by atoms with Crippen LogP contribution in [0.5, 0.6) is 0 Å². The Morgan fingerprint density at radius 3 is 2.62 bits per heavy atom. The predicted octanol–water partition coefficient (Wildman–Crippen LogP) is 5.74. The summed E-state index contributed by atoms with van der Waals surface area (Å²) in [6.45, 7) is 1.43. The summed E-state index contributed by atoms with van der Waals surface area (Å²) in [5.74, 6) is -3.68. The third kappa shape index (κ3) is 3.45. The first-order chi connectivity index (χ1) is 13.9. The smallest absolute Gasteiger partial charge is 0.337 e. The lowest BCUT2D eigenvalue weighted by atomic mass is 9.98. The molecule has 2 aromatic carbocycles. The number of nitrogens with zero attached hydrogens (tertiary/aromatic N) is 1. The second-order valence-electron chi connectivity index (χ2n) is 6.45. The summed E-state index contributed by atoms with van der Waals surface area (Å²) < 4.78 is 29.3. The molecule has 4 rings (SSSR count). The summed E-state index contributed by atoms with van der Waals surface area (Å²) in [7, 11) is 0. The third-order valence-electron chi connectivity index (χ3n) is 4.62. The molecule has 0 aliphatic rings. The van der Waals surface area contributed by atoms with Gasteiger partial charge in [0.25, 0.3) is 0 Å². The van der Waals surface area contributed by atoms with Gasteiger partial charge in [-0.15, -0.1) is 22.7 Å². The van der Waals surface area contributed by atoms with Crippen molar-refractivity contribution in [2.75, 3.05) is 0 Å². The van der Waals surface area contributed by atoms with Crippen molar-refractivity contribution in [2.24, 2.45) is 0 Å². The predicted molar refractivity (Wildman–Crippen MR) is 109 cm³/mol. The normalized spacial score (nSPS) is 11.1. The Balaban J connectivity index is 1.72. The van der Waals surface area contributed by atoms with Crippen LogP contribution in [-0.2, 0) is 6.42 Å². The van der Waals surface area contributed by atoms with Crippen molar-refractivity contribution in [1.82, 2.24) is 4.98 Å². The largest absolute Gasteiger partial charge is 0.478 e. The Morgan fingerprint density at radius 2 is 1.86 bits per heavy atom. The maximum atomic E-state index is 14.4. The van der Waals surface area contributed by atoms with Gasteiger partial charge in [0, 0.05) is 28.0 Å². The molecule has 0 atom stereocenters. The number of carbonyl (C=O) groups is 2. The number of rotatable bonds is 5. The van der Waals surface area contributed by atoms with E-state index in [-0.39, 0.29) is 39.3 Å². The number of benzene rings is 2. The van der Waals surface area contributed by atoms with Crippen LogP contribution in [0, 0.1) is 18.6 Å². The number of ketones is 1. The standard InChI is InChI=1S/C21H13F2NO3S2/c1-10-2-4-12(20(23)19(10)22)13-8-28-17(18(13)21(26)27)7-15(25)11-3-5-16-14(6-11)24-9-29-16/h2-6,8-9H,7H2,1H3,(H,26,27). The molecular formula is C21H13F2NO3S2. The van der Waals surface area contributed by atoms with Crippen molar-refractivity contribution in [3.05, 3.63) is 74.4 Å². The van der Waals surface area contributed by atoms with Crippen LogP contribution in [0.4, 0.5) is 8.78 Å². The molecule has 0 amide bonds. The first-order valence-electron chi connectivity index (χ1n) is 8.52. The number of thiophene rings is 1. The number of carboxylic acids is 1. The molecule has 0 saturated carbocycles. The lowest BCUT2D eigenvalue weighted by molar-refractivity contribution is 0.0697. The van der Waals surface area contributed by atoms with Gasteiger partial charge < -0.3 is 5.11 Å². The number of hydrogen-bond donors (Lipinski definition) is 1. The van der Waals surface area contributed by atoms with Crippen LogP contribution in [0.2, 0.25) is 0 Å². The average molecular weight is 429 g/mol. The van der Waals surface area contributed by atoms with Crippen molar-refractivity contribution >= 4 is 44.6 Å². The molecule has 0 spiro atoms. The number of hydrogen-bond acceptors (Lipinski definition) is 5. The van der Waals surface area contributed by atoms with Crippen LogP contribution in [0.25, 0.3) is 21.3 Å². The van der Waals surface area contributed by atoms with E-state index in [2.05, 4.69) is 4.98 Å². The Morgan fingerprint density at radius 1 is 1.07 bits per heavy atom. The summed E-state index contributed by atoms with van der Waals surface area (Å²) in [6.07, 6.45) is -0.155. The molecule has 2 aromatic heterocycles. The fraction of sp³-hybridized carbons (Fsp3) is 0.0952. The van der Waals surface area contributed by atoms with E-state index >= 15 is 0 Å². The number of aryl methyl sites for hydroxylation is 1. The van der Waals surface area contributed by atoms with E-state index in [9.17, 15) is 23.5 Å². The highest BCUT2D eigenvalue weighted by Gasteiger charge is 2.24. The van der Waals surface area contributed by atoms with Gasteiger partial charge in [-0.1, -0.05) is 12.1 Å². The highest BCUT2D eigenvalue weighted by atomic mass is 32.1. The zero-order valence-corrected chi connectivity index (χ0v) is 16.7. The van der Waals surface area contributed by atoms with Crippen LogP contribution in [0.1, 0.15) is 31.2 Å². The van der Waals surface area contributed by atoms with Gasteiger partial charge in [-0.2, -0.15) is 0 Å². The number of carbonyl (C=O) groups excluding carboxylic acids is 1. The summed E-state index contributed by atoms with van der Waals surface area (Å²) in [5.41, 5.74) is 2.68. The van der Waals surface area contributed by atoms with E-state index in [0.717, 1.165) is 16.0 Å². The molecule has 0 bridgehead atoms. The van der Waals surface area contributed by atoms with Gasteiger partial charge in [-0.25, -0.2) is 18.6 Å². The van der Waals surface area contributed by atoms with Crippen molar-refractivity contribution in [3.63, 3.8) is 0 Å². The van der Waals surface area contributed by atoms with Crippen molar-refractivity contribution in [2.45, 2.75) is 13.3 Å². The summed E-state index contributed by atoms with van der Waals surface area (Å²) >= 11 is 2.50. The molecule has 4 nitrogen and oxygen atoms in total. The van der Waals surface area contributed by atoms with Crippen molar-refractivity contribution in [3.8, 4) is 11.1 Å². The molecule has 0 aliphatic carbocycles. The van der Waals surface area contributed by atoms with Crippen LogP contribution in [-0.4, -0.2) is 21.8 Å².